The maximum Gasteiger partial charge on any atom is 0.328 e. The van der Waals surface area contributed by atoms with Crippen LogP contribution in [-0.2, 0) is 4.79 Å². The van der Waals surface area contributed by atoms with Gasteiger partial charge in [-0.25, -0.2) is 9.18 Å². The molecule has 1 N–H and O–H groups in total. The van der Waals surface area contributed by atoms with Crippen molar-refractivity contribution in [1.29, 1.82) is 0 Å². The Hall–Kier alpha value is -1.49. The normalized spacial score (nSPS) is 10.5. The molecule has 0 saturated carbocycles. The van der Waals surface area contributed by atoms with Crippen LogP contribution in [0.4, 0.5) is 4.39 Å². The topological polar surface area (TPSA) is 54.4 Å². The number of halogens is 2. The molecule has 0 aliphatic rings. The molecule has 0 amide bonds. The maximum absolute atomic E-state index is 12.7. The lowest BCUT2D eigenvalue weighted by Gasteiger charge is -1.99. The summed E-state index contributed by atoms with van der Waals surface area (Å²) in [6.45, 7) is 0. The van der Waals surface area contributed by atoms with Gasteiger partial charge in [0.2, 0.25) is 0 Å². The molecule has 0 aliphatic heterocycles. The molecule has 0 atom stereocenters. The SMILES string of the molecule is O=C(O)/C=C/C(=O)c1ccc(F)cc1Br. The van der Waals surface area contributed by atoms with Crippen molar-refractivity contribution in [3.05, 3.63) is 46.2 Å². The van der Waals surface area contributed by atoms with Crippen molar-refractivity contribution < 1.29 is 19.1 Å². The summed E-state index contributed by atoms with van der Waals surface area (Å²) in [5.41, 5.74) is 0.217. The molecule has 1 aromatic carbocycles. The smallest absolute Gasteiger partial charge is 0.328 e. The lowest BCUT2D eigenvalue weighted by molar-refractivity contribution is -0.131. The number of carbonyl (C=O) groups excluding carboxylic acids is 1. The molecule has 0 aliphatic carbocycles. The molecule has 1 rings (SSSR count). The molecule has 0 unspecified atom stereocenters. The van der Waals surface area contributed by atoms with E-state index < -0.39 is 17.6 Å². The largest absolute Gasteiger partial charge is 0.478 e. The van der Waals surface area contributed by atoms with Gasteiger partial charge < -0.3 is 5.11 Å². The van der Waals surface area contributed by atoms with Gasteiger partial charge in [0.25, 0.3) is 0 Å². The van der Waals surface area contributed by atoms with Gasteiger partial charge in [-0.3, -0.25) is 4.79 Å². The number of carbonyl (C=O) groups is 2. The molecular formula is C10H6BrFO3. The van der Waals surface area contributed by atoms with Gasteiger partial charge in [-0.1, -0.05) is 0 Å². The molecule has 15 heavy (non-hydrogen) atoms. The molecule has 0 fully saturated rings. The Kier molecular flexibility index (Phi) is 3.74. The van der Waals surface area contributed by atoms with Crippen LogP contribution in [0.15, 0.2) is 34.8 Å². The number of rotatable bonds is 3. The molecule has 5 heteroatoms. The van der Waals surface area contributed by atoms with Gasteiger partial charge in [-0.2, -0.15) is 0 Å². The van der Waals surface area contributed by atoms with Crippen LogP contribution in [0.5, 0.6) is 0 Å². The summed E-state index contributed by atoms with van der Waals surface area (Å²) in [5.74, 6) is -2.17. The lowest BCUT2D eigenvalue weighted by Crippen LogP contribution is -1.98. The van der Waals surface area contributed by atoms with E-state index in [0.717, 1.165) is 24.3 Å². The van der Waals surface area contributed by atoms with Crippen LogP contribution < -0.4 is 0 Å². The Morgan fingerprint density at radius 1 is 1.33 bits per heavy atom. The minimum Gasteiger partial charge on any atom is -0.478 e. The van der Waals surface area contributed by atoms with Gasteiger partial charge in [0.15, 0.2) is 5.78 Å². The standard InChI is InChI=1S/C10H6BrFO3/c11-8-5-6(12)1-2-7(8)9(13)3-4-10(14)15/h1-5H,(H,14,15)/b4-3+. The highest BCUT2D eigenvalue weighted by Crippen LogP contribution is 2.18. The molecule has 0 bridgehead atoms. The van der Waals surface area contributed by atoms with E-state index in [1.807, 2.05) is 0 Å². The summed E-state index contributed by atoms with van der Waals surface area (Å²) in [6.07, 6.45) is 1.65. The number of carboxylic acid groups (broad SMARTS) is 1. The second kappa shape index (κ2) is 4.84. The maximum atomic E-state index is 12.7. The number of allylic oxidation sites excluding steroid dienone is 1. The summed E-state index contributed by atoms with van der Waals surface area (Å²) in [4.78, 5) is 21.5. The van der Waals surface area contributed by atoms with Crippen LogP contribution in [0.25, 0.3) is 0 Å². The molecule has 0 aromatic heterocycles. The zero-order valence-corrected chi connectivity index (χ0v) is 8.99. The summed E-state index contributed by atoms with van der Waals surface area (Å²) in [5, 5.41) is 8.31. The summed E-state index contributed by atoms with van der Waals surface area (Å²) in [6, 6.07) is 3.56. The van der Waals surface area contributed by atoms with Crippen molar-refractivity contribution in [3.8, 4) is 0 Å². The van der Waals surface area contributed by atoms with Crippen LogP contribution in [0, 0.1) is 5.82 Å². The first-order chi connectivity index (χ1) is 7.00. The molecule has 0 heterocycles. The quantitative estimate of drug-likeness (QED) is 0.679. The molecule has 0 saturated heterocycles. The van der Waals surface area contributed by atoms with E-state index >= 15 is 0 Å². The predicted molar refractivity (Wildman–Crippen MR) is 55.2 cm³/mol. The second-order valence-electron chi connectivity index (χ2n) is 2.66. The highest BCUT2D eigenvalue weighted by molar-refractivity contribution is 9.10. The third-order valence-corrected chi connectivity index (χ3v) is 2.23. The Balaban J connectivity index is 2.97. The fourth-order valence-electron chi connectivity index (χ4n) is 0.926. The van der Waals surface area contributed by atoms with Gasteiger partial charge >= 0.3 is 5.97 Å². The molecule has 1 aromatic rings. The second-order valence-corrected chi connectivity index (χ2v) is 3.51. The van der Waals surface area contributed by atoms with Crippen LogP contribution in [0.3, 0.4) is 0 Å². The van der Waals surface area contributed by atoms with Crippen molar-refractivity contribution in [2.45, 2.75) is 0 Å². The minimum atomic E-state index is -1.21. The Morgan fingerprint density at radius 2 is 2.00 bits per heavy atom. The molecule has 78 valence electrons. The van der Waals surface area contributed by atoms with Crippen molar-refractivity contribution in [1.82, 2.24) is 0 Å². The summed E-state index contributed by atoms with van der Waals surface area (Å²) in [7, 11) is 0. The zero-order chi connectivity index (χ0) is 11.4. The van der Waals surface area contributed by atoms with Gasteiger partial charge in [-0.05, 0) is 40.2 Å². The Bertz CT molecular complexity index is 440. The van der Waals surface area contributed by atoms with Crippen LogP contribution >= 0.6 is 15.9 Å². The van der Waals surface area contributed by atoms with Crippen LogP contribution in [-0.4, -0.2) is 16.9 Å². The number of carboxylic acids is 1. The molecular weight excluding hydrogens is 267 g/mol. The average molecular weight is 273 g/mol. The first kappa shape index (κ1) is 11.6. The van der Waals surface area contributed by atoms with Crippen molar-refractivity contribution in [2.75, 3.05) is 0 Å². The van der Waals surface area contributed by atoms with Crippen molar-refractivity contribution in [2.24, 2.45) is 0 Å². The third kappa shape index (κ3) is 3.28. The van der Waals surface area contributed by atoms with E-state index in [1.54, 1.807) is 0 Å². The predicted octanol–water partition coefficient (Wildman–Crippen LogP) is 2.41. The molecule has 0 radical (unpaired) electrons. The molecule has 0 spiro atoms. The first-order valence-corrected chi connectivity index (χ1v) is 4.70. The summed E-state index contributed by atoms with van der Waals surface area (Å²) < 4.78 is 13.0. The van der Waals surface area contributed by atoms with Crippen LogP contribution in [0.2, 0.25) is 0 Å². The number of ketones is 1. The first-order valence-electron chi connectivity index (χ1n) is 3.91. The van der Waals surface area contributed by atoms with Crippen molar-refractivity contribution in [3.63, 3.8) is 0 Å². The van der Waals surface area contributed by atoms with E-state index in [9.17, 15) is 14.0 Å². The molecule has 3 nitrogen and oxygen atoms in total. The van der Waals surface area contributed by atoms with Crippen LogP contribution in [0.1, 0.15) is 10.4 Å². The average Bonchev–Trinajstić information content (AvgIpc) is 2.14. The summed E-state index contributed by atoms with van der Waals surface area (Å²) >= 11 is 3.01. The number of hydrogen-bond acceptors (Lipinski definition) is 2. The van der Waals surface area contributed by atoms with E-state index in [0.29, 0.717) is 4.47 Å². The monoisotopic (exact) mass is 272 g/mol. The van der Waals surface area contributed by atoms with Crippen molar-refractivity contribution >= 4 is 27.7 Å². The van der Waals surface area contributed by atoms with E-state index in [4.69, 9.17) is 5.11 Å². The van der Waals surface area contributed by atoms with E-state index in [-0.39, 0.29) is 5.56 Å². The number of hydrogen-bond donors (Lipinski definition) is 1. The lowest BCUT2D eigenvalue weighted by atomic mass is 10.1. The van der Waals surface area contributed by atoms with E-state index in [2.05, 4.69) is 15.9 Å². The number of benzene rings is 1. The highest BCUT2D eigenvalue weighted by atomic mass is 79.9. The Morgan fingerprint density at radius 3 is 2.53 bits per heavy atom. The Labute approximate surface area is 93.4 Å². The fraction of sp³-hybridized carbons (Fsp3) is 0. The highest BCUT2D eigenvalue weighted by Gasteiger charge is 2.07. The minimum absolute atomic E-state index is 0.217. The zero-order valence-electron chi connectivity index (χ0n) is 7.41. The van der Waals surface area contributed by atoms with Gasteiger partial charge in [0, 0.05) is 16.1 Å². The van der Waals surface area contributed by atoms with E-state index in [1.165, 1.54) is 6.07 Å². The third-order valence-electron chi connectivity index (χ3n) is 1.57. The van der Waals surface area contributed by atoms with Gasteiger partial charge in [-0.15, -0.1) is 0 Å². The number of aliphatic carboxylic acids is 1. The van der Waals surface area contributed by atoms with Gasteiger partial charge in [0.05, 0.1) is 0 Å². The fourth-order valence-corrected chi connectivity index (χ4v) is 1.47. The van der Waals surface area contributed by atoms with Gasteiger partial charge in [0.1, 0.15) is 5.82 Å².